The van der Waals surface area contributed by atoms with Crippen LogP contribution in [-0.4, -0.2) is 56.4 Å². The smallest absolute Gasteiger partial charge is 0.358 e. The van der Waals surface area contributed by atoms with Gasteiger partial charge in [-0.25, -0.2) is 4.79 Å². The Bertz CT molecular complexity index is 866. The van der Waals surface area contributed by atoms with Crippen LogP contribution in [0.2, 0.25) is 0 Å². The van der Waals surface area contributed by atoms with Gasteiger partial charge in [-0.05, 0) is 18.2 Å². The second-order valence-electron chi connectivity index (χ2n) is 6.10. The molecular formula is C17H18N6O2. The number of ether oxygens (including phenoxy) is 1. The van der Waals surface area contributed by atoms with Gasteiger partial charge < -0.3 is 4.74 Å². The van der Waals surface area contributed by atoms with E-state index in [2.05, 4.69) is 35.0 Å². The van der Waals surface area contributed by atoms with Crippen molar-refractivity contribution < 1.29 is 9.53 Å². The molecule has 8 heteroatoms. The van der Waals surface area contributed by atoms with E-state index in [0.717, 1.165) is 42.1 Å². The van der Waals surface area contributed by atoms with Gasteiger partial charge in [-0.3, -0.25) is 20.1 Å². The van der Waals surface area contributed by atoms with Gasteiger partial charge in [-0.2, -0.15) is 10.2 Å². The van der Waals surface area contributed by atoms with E-state index in [4.69, 9.17) is 0 Å². The molecule has 0 radical (unpaired) electrons. The number of esters is 1. The van der Waals surface area contributed by atoms with Gasteiger partial charge in [0.25, 0.3) is 0 Å². The number of hydrogen-bond donors (Lipinski definition) is 2. The van der Waals surface area contributed by atoms with Crippen molar-refractivity contribution in [3.8, 4) is 11.3 Å². The number of rotatable bonds is 5. The molecule has 0 atom stereocenters. The van der Waals surface area contributed by atoms with Gasteiger partial charge in [0.05, 0.1) is 19.0 Å². The Morgan fingerprint density at radius 2 is 2.24 bits per heavy atom. The summed E-state index contributed by atoms with van der Waals surface area (Å²) in [6.45, 7) is 2.62. The average Bonchev–Trinajstić information content (AvgIpc) is 3.27. The molecular weight excluding hydrogens is 320 g/mol. The van der Waals surface area contributed by atoms with Crippen molar-refractivity contribution in [2.45, 2.75) is 12.5 Å². The van der Waals surface area contributed by atoms with Gasteiger partial charge in [0.2, 0.25) is 0 Å². The molecule has 2 N–H and O–H groups in total. The molecule has 0 aliphatic carbocycles. The third kappa shape index (κ3) is 3.03. The minimum atomic E-state index is -0.418. The molecule has 0 saturated carbocycles. The van der Waals surface area contributed by atoms with Gasteiger partial charge >= 0.3 is 5.97 Å². The highest BCUT2D eigenvalue weighted by Gasteiger charge is 2.30. The van der Waals surface area contributed by atoms with Gasteiger partial charge in [-0.15, -0.1) is 0 Å². The molecule has 4 heterocycles. The van der Waals surface area contributed by atoms with Crippen LogP contribution in [0.15, 0.2) is 36.8 Å². The first-order valence-electron chi connectivity index (χ1n) is 8.03. The molecule has 0 bridgehead atoms. The molecule has 128 valence electrons. The van der Waals surface area contributed by atoms with Gasteiger partial charge in [0.1, 0.15) is 0 Å². The normalized spacial score (nSPS) is 15.1. The summed E-state index contributed by atoms with van der Waals surface area (Å²) in [6.07, 6.45) is 5.45. The topological polar surface area (TPSA) is 99.8 Å². The molecule has 1 aliphatic rings. The molecule has 0 unspecified atom stereocenters. The quantitative estimate of drug-likeness (QED) is 0.685. The molecule has 0 spiro atoms. The zero-order valence-electron chi connectivity index (χ0n) is 13.8. The van der Waals surface area contributed by atoms with Crippen LogP contribution >= 0.6 is 0 Å². The van der Waals surface area contributed by atoms with Crippen molar-refractivity contribution in [1.82, 2.24) is 30.3 Å². The maximum Gasteiger partial charge on any atom is 0.358 e. The fourth-order valence-electron chi connectivity index (χ4n) is 3.08. The molecule has 1 saturated heterocycles. The van der Waals surface area contributed by atoms with Gasteiger partial charge in [-0.1, -0.05) is 0 Å². The molecule has 4 rings (SSSR count). The summed E-state index contributed by atoms with van der Waals surface area (Å²) < 4.78 is 4.68. The highest BCUT2D eigenvalue weighted by Crippen LogP contribution is 2.29. The van der Waals surface area contributed by atoms with E-state index < -0.39 is 5.97 Å². The molecule has 1 aliphatic heterocycles. The second kappa shape index (κ2) is 6.48. The number of nitrogens with one attached hydrogen (secondary N) is 2. The number of nitrogens with zero attached hydrogens (tertiary/aromatic N) is 4. The highest BCUT2D eigenvalue weighted by molar-refractivity contribution is 5.87. The predicted molar refractivity (Wildman–Crippen MR) is 89.8 cm³/mol. The Morgan fingerprint density at radius 3 is 3.00 bits per heavy atom. The van der Waals surface area contributed by atoms with Crippen LogP contribution in [0.1, 0.15) is 27.7 Å². The number of aromatic nitrogens is 5. The first-order chi connectivity index (χ1) is 12.2. The van der Waals surface area contributed by atoms with E-state index >= 15 is 0 Å². The number of pyridine rings is 1. The number of carbonyl (C=O) groups is 1. The standard InChI is InChI=1S/C17H18N6O2/c1-25-17(24)15-5-14(20-21-15)13-9-23(10-13)8-12-7-19-22-16(12)11-3-2-4-18-6-11/h2-7,13H,8-10H2,1H3,(H,19,22)(H,20,21). The minimum Gasteiger partial charge on any atom is -0.464 e. The van der Waals surface area contributed by atoms with Crippen molar-refractivity contribution in [3.05, 3.63) is 53.7 Å². The lowest BCUT2D eigenvalue weighted by Crippen LogP contribution is -2.44. The summed E-state index contributed by atoms with van der Waals surface area (Å²) in [7, 11) is 1.35. The van der Waals surface area contributed by atoms with Crippen molar-refractivity contribution in [2.24, 2.45) is 0 Å². The number of carbonyl (C=O) groups excluding carboxylic acids is 1. The predicted octanol–water partition coefficient (Wildman–Crippen LogP) is 1.58. The van der Waals surface area contributed by atoms with Crippen molar-refractivity contribution >= 4 is 5.97 Å². The Balaban J connectivity index is 1.39. The van der Waals surface area contributed by atoms with Crippen molar-refractivity contribution in [2.75, 3.05) is 20.2 Å². The van der Waals surface area contributed by atoms with E-state index in [-0.39, 0.29) is 0 Å². The summed E-state index contributed by atoms with van der Waals surface area (Å²) in [5.41, 5.74) is 4.47. The Labute approximate surface area is 144 Å². The molecule has 25 heavy (non-hydrogen) atoms. The largest absolute Gasteiger partial charge is 0.464 e. The van der Waals surface area contributed by atoms with E-state index in [1.165, 1.54) is 7.11 Å². The van der Waals surface area contributed by atoms with Crippen molar-refractivity contribution in [3.63, 3.8) is 0 Å². The molecule has 3 aromatic heterocycles. The molecule has 1 fully saturated rings. The van der Waals surface area contributed by atoms with Crippen LogP contribution in [0.25, 0.3) is 11.3 Å². The summed E-state index contributed by atoms with van der Waals surface area (Å²) in [6, 6.07) is 5.70. The maximum atomic E-state index is 11.5. The minimum absolute atomic E-state index is 0.324. The number of H-pyrrole nitrogens is 2. The summed E-state index contributed by atoms with van der Waals surface area (Å²) in [5, 5.41) is 14.2. The third-order valence-corrected chi connectivity index (χ3v) is 4.45. The zero-order chi connectivity index (χ0) is 17.2. The highest BCUT2D eigenvalue weighted by atomic mass is 16.5. The molecule has 8 nitrogen and oxygen atoms in total. The van der Waals surface area contributed by atoms with Crippen LogP contribution in [-0.2, 0) is 11.3 Å². The molecule has 0 amide bonds. The second-order valence-corrected chi connectivity index (χ2v) is 6.10. The zero-order valence-corrected chi connectivity index (χ0v) is 13.8. The summed E-state index contributed by atoms with van der Waals surface area (Å²) in [5.74, 6) is -0.0714. The Morgan fingerprint density at radius 1 is 1.36 bits per heavy atom. The Kier molecular flexibility index (Phi) is 4.02. The SMILES string of the molecule is COC(=O)c1cc(C2CN(Cc3cn[nH]c3-c3cccnc3)C2)[nH]n1. The number of likely N-dealkylation sites (tertiary alicyclic amines) is 1. The lowest BCUT2D eigenvalue weighted by Gasteiger charge is -2.38. The third-order valence-electron chi connectivity index (χ3n) is 4.45. The number of methoxy groups -OCH3 is 1. The van der Waals surface area contributed by atoms with Crippen molar-refractivity contribution in [1.29, 1.82) is 0 Å². The first-order valence-corrected chi connectivity index (χ1v) is 8.03. The van der Waals surface area contributed by atoms with E-state index in [1.807, 2.05) is 24.5 Å². The fourth-order valence-corrected chi connectivity index (χ4v) is 3.08. The van der Waals surface area contributed by atoms with Crippen LogP contribution in [0.5, 0.6) is 0 Å². The van der Waals surface area contributed by atoms with Gasteiger partial charge in [0, 0.05) is 54.8 Å². The van der Waals surface area contributed by atoms with E-state index in [9.17, 15) is 4.79 Å². The maximum absolute atomic E-state index is 11.5. The number of hydrogen-bond acceptors (Lipinski definition) is 6. The monoisotopic (exact) mass is 338 g/mol. The first kappa shape index (κ1) is 15.5. The lowest BCUT2D eigenvalue weighted by molar-refractivity contribution is 0.0594. The summed E-state index contributed by atoms with van der Waals surface area (Å²) in [4.78, 5) is 18.0. The number of aromatic amines is 2. The van der Waals surface area contributed by atoms with Crippen LogP contribution in [0.3, 0.4) is 0 Å². The lowest BCUT2D eigenvalue weighted by atomic mass is 9.95. The molecule has 0 aromatic carbocycles. The molecule has 3 aromatic rings. The summed E-state index contributed by atoms with van der Waals surface area (Å²) >= 11 is 0. The Hall–Kier alpha value is -3.00. The van der Waals surface area contributed by atoms with E-state index in [1.54, 1.807) is 12.3 Å². The van der Waals surface area contributed by atoms with Crippen LogP contribution in [0.4, 0.5) is 0 Å². The van der Waals surface area contributed by atoms with Gasteiger partial charge in [0.15, 0.2) is 5.69 Å². The van der Waals surface area contributed by atoms with E-state index in [0.29, 0.717) is 11.6 Å². The van der Waals surface area contributed by atoms with Crippen LogP contribution < -0.4 is 0 Å². The van der Waals surface area contributed by atoms with Crippen LogP contribution in [0, 0.1) is 0 Å². The average molecular weight is 338 g/mol. The fraction of sp³-hybridized carbons (Fsp3) is 0.294.